The number of alkyl halides is 3. The first-order chi connectivity index (χ1) is 15.1. The summed E-state index contributed by atoms with van der Waals surface area (Å²) >= 11 is 0. The molecular formula is C27H36F3NO. The lowest BCUT2D eigenvalue weighted by Crippen LogP contribution is -2.17. The number of hydrogen-bond donors (Lipinski definition) is 0. The quantitative estimate of drug-likeness (QED) is 0.443. The molecule has 176 valence electrons. The molecule has 2 fully saturated rings. The largest absolute Gasteiger partial charge is 0.395 e. The van der Waals surface area contributed by atoms with Crippen molar-refractivity contribution >= 4 is 5.78 Å². The van der Waals surface area contributed by atoms with Gasteiger partial charge in [0.05, 0.1) is 5.92 Å². The molecule has 1 heterocycles. The maximum absolute atomic E-state index is 12.3. The second kappa shape index (κ2) is 12.2. The molecular weight excluding hydrogens is 411 g/mol. The van der Waals surface area contributed by atoms with Gasteiger partial charge in [-0.25, -0.2) is 0 Å². The third-order valence-electron chi connectivity index (χ3n) is 6.30. The van der Waals surface area contributed by atoms with Crippen molar-refractivity contribution in [3.8, 4) is 0 Å². The minimum absolute atomic E-state index is 0.152. The zero-order chi connectivity index (χ0) is 23.7. The molecule has 0 aliphatic heterocycles. The van der Waals surface area contributed by atoms with Crippen LogP contribution in [0.4, 0.5) is 13.2 Å². The number of ketones is 1. The van der Waals surface area contributed by atoms with Gasteiger partial charge in [-0.05, 0) is 56.2 Å². The highest BCUT2D eigenvalue weighted by atomic mass is 19.4. The van der Waals surface area contributed by atoms with Gasteiger partial charge in [0.15, 0.2) is 5.78 Å². The van der Waals surface area contributed by atoms with Crippen LogP contribution in [0.25, 0.3) is 0 Å². The first-order valence-electron chi connectivity index (χ1n) is 11.7. The van der Waals surface area contributed by atoms with Crippen molar-refractivity contribution in [3.63, 3.8) is 0 Å². The fourth-order valence-corrected chi connectivity index (χ4v) is 3.54. The maximum atomic E-state index is 12.3. The van der Waals surface area contributed by atoms with Crippen LogP contribution in [0, 0.1) is 11.8 Å². The average molecular weight is 448 g/mol. The molecule has 0 bridgehead atoms. The van der Waals surface area contributed by atoms with Crippen LogP contribution in [-0.2, 0) is 0 Å². The summed E-state index contributed by atoms with van der Waals surface area (Å²) in [4.78, 5) is 15.3. The molecule has 2 nitrogen and oxygen atoms in total. The highest BCUT2D eigenvalue weighted by Gasteiger charge is 2.36. The highest BCUT2D eigenvalue weighted by molar-refractivity contribution is 5.94. The molecule has 2 aromatic rings. The van der Waals surface area contributed by atoms with Gasteiger partial charge < -0.3 is 0 Å². The fourth-order valence-electron chi connectivity index (χ4n) is 3.54. The Balaban J connectivity index is 0.000000194. The summed E-state index contributed by atoms with van der Waals surface area (Å²) in [7, 11) is 0. The van der Waals surface area contributed by atoms with Gasteiger partial charge >= 0.3 is 6.18 Å². The molecule has 4 rings (SSSR count). The number of benzene rings is 1. The summed E-state index contributed by atoms with van der Waals surface area (Å²) in [6.45, 7) is 7.11. The first-order valence-corrected chi connectivity index (χ1v) is 11.7. The van der Waals surface area contributed by atoms with Crippen molar-refractivity contribution < 1.29 is 18.0 Å². The van der Waals surface area contributed by atoms with Crippen LogP contribution in [0.3, 0.4) is 0 Å². The molecule has 0 saturated heterocycles. The Hall–Kier alpha value is -2.17. The molecule has 0 N–H and O–H groups in total. The molecule has 32 heavy (non-hydrogen) atoms. The van der Waals surface area contributed by atoms with E-state index in [1.54, 1.807) is 0 Å². The predicted octanol–water partition coefficient (Wildman–Crippen LogP) is 8.35. The molecule has 0 amide bonds. The first kappa shape index (κ1) is 26.1. The molecule has 2 aliphatic rings. The molecule has 1 atom stereocenters. The molecule has 2 saturated carbocycles. The zero-order valence-corrected chi connectivity index (χ0v) is 19.7. The summed E-state index contributed by atoms with van der Waals surface area (Å²) in [6, 6.07) is 11.8. The van der Waals surface area contributed by atoms with Gasteiger partial charge in [0.25, 0.3) is 0 Å². The van der Waals surface area contributed by atoms with E-state index in [-0.39, 0.29) is 11.3 Å². The second-order valence-corrected chi connectivity index (χ2v) is 9.34. The normalized spacial score (nSPS) is 21.3. The summed E-state index contributed by atoms with van der Waals surface area (Å²) in [5.74, 6) is 1.09. The minimum atomic E-state index is -4.24. The molecule has 1 unspecified atom stereocenters. The minimum Gasteiger partial charge on any atom is -0.295 e. The lowest BCUT2D eigenvalue weighted by atomic mass is 9.81. The second-order valence-electron chi connectivity index (χ2n) is 9.34. The Morgan fingerprint density at radius 3 is 1.84 bits per heavy atom. The van der Waals surface area contributed by atoms with E-state index in [1.807, 2.05) is 12.3 Å². The number of nitrogens with zero attached hydrogens (tertiary/aromatic N) is 1. The van der Waals surface area contributed by atoms with Crippen molar-refractivity contribution in [1.29, 1.82) is 0 Å². The van der Waals surface area contributed by atoms with Gasteiger partial charge in [0.2, 0.25) is 0 Å². The topological polar surface area (TPSA) is 30.0 Å². The smallest absolute Gasteiger partial charge is 0.295 e. The molecule has 0 spiro atoms. The van der Waals surface area contributed by atoms with Gasteiger partial charge in [-0.15, -0.1) is 0 Å². The lowest BCUT2D eigenvalue weighted by Gasteiger charge is -2.25. The average Bonchev–Trinajstić information content (AvgIpc) is 3.57. The Morgan fingerprint density at radius 2 is 1.44 bits per heavy atom. The molecule has 1 aromatic carbocycles. The third kappa shape index (κ3) is 9.13. The van der Waals surface area contributed by atoms with E-state index in [9.17, 15) is 18.0 Å². The van der Waals surface area contributed by atoms with Gasteiger partial charge in [-0.2, -0.15) is 13.2 Å². The van der Waals surface area contributed by atoms with E-state index in [4.69, 9.17) is 0 Å². The molecule has 0 radical (unpaired) electrons. The summed E-state index contributed by atoms with van der Waals surface area (Å²) in [5, 5.41) is 0. The SMILES string of the molecule is CC(=O)c1ccc(C(C)C(F)(F)F)cc1.CC1CC1.CC1CCC(c2ccccn2)CC1. The van der Waals surface area contributed by atoms with Gasteiger partial charge in [0.1, 0.15) is 0 Å². The molecule has 5 heteroatoms. The van der Waals surface area contributed by atoms with Crippen molar-refractivity contribution in [2.24, 2.45) is 11.8 Å². The number of carbonyl (C=O) groups is 1. The van der Waals surface area contributed by atoms with E-state index >= 15 is 0 Å². The van der Waals surface area contributed by atoms with Crippen molar-refractivity contribution in [2.75, 3.05) is 0 Å². The van der Waals surface area contributed by atoms with E-state index in [0.29, 0.717) is 5.56 Å². The van der Waals surface area contributed by atoms with Crippen LogP contribution in [0.2, 0.25) is 0 Å². The van der Waals surface area contributed by atoms with Crippen LogP contribution in [0.15, 0.2) is 48.7 Å². The van der Waals surface area contributed by atoms with Crippen molar-refractivity contribution in [2.45, 2.75) is 84.2 Å². The molecule has 2 aliphatic carbocycles. The van der Waals surface area contributed by atoms with Gasteiger partial charge in [0, 0.05) is 23.4 Å². The van der Waals surface area contributed by atoms with Crippen molar-refractivity contribution in [1.82, 2.24) is 4.98 Å². The maximum Gasteiger partial charge on any atom is 0.395 e. The monoisotopic (exact) mass is 447 g/mol. The Morgan fingerprint density at radius 1 is 0.906 bits per heavy atom. The van der Waals surface area contributed by atoms with E-state index < -0.39 is 12.1 Å². The third-order valence-corrected chi connectivity index (χ3v) is 6.30. The van der Waals surface area contributed by atoms with Crippen LogP contribution in [0.5, 0.6) is 0 Å². The summed E-state index contributed by atoms with van der Waals surface area (Å²) in [5.41, 5.74) is 1.90. The van der Waals surface area contributed by atoms with Crippen LogP contribution in [-0.4, -0.2) is 16.9 Å². The number of hydrogen-bond acceptors (Lipinski definition) is 2. The lowest BCUT2D eigenvalue weighted by molar-refractivity contribution is -0.146. The Bertz CT molecular complexity index is 805. The number of aromatic nitrogens is 1. The fraction of sp³-hybridized carbons (Fsp3) is 0.556. The predicted molar refractivity (Wildman–Crippen MR) is 124 cm³/mol. The number of carbonyl (C=O) groups excluding carboxylic acids is 1. The highest BCUT2D eigenvalue weighted by Crippen LogP contribution is 2.35. The summed E-state index contributed by atoms with van der Waals surface area (Å²) in [6.07, 6.45) is 6.06. The van der Waals surface area contributed by atoms with Crippen molar-refractivity contribution in [3.05, 3.63) is 65.5 Å². The Labute approximate surface area is 190 Å². The van der Waals surface area contributed by atoms with Gasteiger partial charge in [-0.3, -0.25) is 9.78 Å². The number of Topliss-reactive ketones (excluding diaryl/α,β-unsaturated/α-hetero) is 1. The van der Waals surface area contributed by atoms with E-state index in [0.717, 1.165) is 24.7 Å². The Kier molecular flexibility index (Phi) is 9.92. The number of pyridine rings is 1. The van der Waals surface area contributed by atoms with Gasteiger partial charge in [-0.1, -0.05) is 69.9 Å². The number of halogens is 3. The van der Waals surface area contributed by atoms with Crippen LogP contribution >= 0.6 is 0 Å². The standard InChI is InChI=1S/C12H17N.C11H11F3O.C4H8/c1-10-5-7-11(8-6-10)12-4-2-3-9-13-12;1-7(11(12,13)14)9-3-5-10(6-4-9)8(2)15;1-4-2-3-4/h2-4,9-11H,5-8H2,1H3;3-7H,1-2H3;4H,2-3H2,1H3. The van der Waals surface area contributed by atoms with Crippen LogP contribution in [0.1, 0.15) is 99.7 Å². The number of rotatable bonds is 3. The zero-order valence-electron chi connectivity index (χ0n) is 19.7. The van der Waals surface area contributed by atoms with Crippen LogP contribution < -0.4 is 0 Å². The van der Waals surface area contributed by atoms with E-state index in [1.165, 1.54) is 75.4 Å². The van der Waals surface area contributed by atoms with E-state index in [2.05, 4.69) is 31.0 Å². The summed E-state index contributed by atoms with van der Waals surface area (Å²) < 4.78 is 37.0. The molecule has 1 aromatic heterocycles.